The molecular formula is C23H19FN8O. The fourth-order valence-electron chi connectivity index (χ4n) is 4.35. The Morgan fingerprint density at radius 1 is 1.12 bits per heavy atom. The van der Waals surface area contributed by atoms with Crippen LogP contribution in [-0.2, 0) is 7.05 Å². The van der Waals surface area contributed by atoms with E-state index in [0.717, 1.165) is 21.5 Å². The number of fused-ring (bicyclic) bond motifs is 1. The van der Waals surface area contributed by atoms with Crippen molar-refractivity contribution in [2.75, 3.05) is 6.54 Å². The molecule has 0 saturated heterocycles. The van der Waals surface area contributed by atoms with Gasteiger partial charge in [0.25, 0.3) is 11.7 Å². The molecular weight excluding hydrogens is 423 g/mol. The number of para-hydroxylation sites is 1. The van der Waals surface area contributed by atoms with E-state index in [4.69, 9.17) is 0 Å². The number of rotatable bonds is 3. The molecule has 0 fully saturated rings. The Balaban J connectivity index is 1.53. The van der Waals surface area contributed by atoms with Crippen LogP contribution < -0.4 is 0 Å². The van der Waals surface area contributed by atoms with Gasteiger partial charge in [-0.25, -0.2) is 4.39 Å². The maximum atomic E-state index is 14.1. The molecule has 164 valence electrons. The van der Waals surface area contributed by atoms with Crippen molar-refractivity contribution in [3.05, 3.63) is 88.8 Å². The normalized spacial score (nSPS) is 17.5. The van der Waals surface area contributed by atoms with Crippen molar-refractivity contribution in [1.82, 2.24) is 34.9 Å². The highest BCUT2D eigenvalue weighted by Gasteiger charge is 2.37. The van der Waals surface area contributed by atoms with E-state index >= 15 is 0 Å². The van der Waals surface area contributed by atoms with Crippen LogP contribution in [0.25, 0.3) is 5.69 Å². The number of hydrogen-bond acceptors (Lipinski definition) is 6. The number of aryl methyl sites for hydroxylation is 1. The first-order valence-electron chi connectivity index (χ1n) is 10.4. The topological polar surface area (TPSA) is 106 Å². The Hall–Kier alpha value is -4.39. The molecule has 4 aromatic rings. The zero-order chi connectivity index (χ0) is 23.1. The molecule has 2 aromatic heterocycles. The van der Waals surface area contributed by atoms with Crippen LogP contribution in [0.1, 0.15) is 51.9 Å². The van der Waals surface area contributed by atoms with Gasteiger partial charge in [0.2, 0.25) is 0 Å². The fraction of sp³-hybridized carbons (Fsp3) is 0.217. The minimum atomic E-state index is -0.519. The smallest absolute Gasteiger partial charge is 0.296 e. The molecule has 1 aliphatic heterocycles. The molecule has 0 N–H and O–H groups in total. The first-order valence-corrected chi connectivity index (χ1v) is 10.4. The van der Waals surface area contributed by atoms with Crippen LogP contribution in [0.4, 0.5) is 4.39 Å². The predicted molar refractivity (Wildman–Crippen MR) is 115 cm³/mol. The van der Waals surface area contributed by atoms with Gasteiger partial charge in [-0.3, -0.25) is 9.48 Å². The lowest BCUT2D eigenvalue weighted by Gasteiger charge is -2.39. The van der Waals surface area contributed by atoms with Crippen LogP contribution in [0.15, 0.2) is 54.7 Å². The van der Waals surface area contributed by atoms with E-state index < -0.39 is 11.7 Å². The number of benzene rings is 2. The summed E-state index contributed by atoms with van der Waals surface area (Å²) in [6, 6.07) is 15.8. The fourth-order valence-corrected chi connectivity index (χ4v) is 4.35. The van der Waals surface area contributed by atoms with Gasteiger partial charge in [-0.05, 0) is 35.4 Å². The summed E-state index contributed by atoms with van der Waals surface area (Å²) in [6.07, 6.45) is 1.67. The summed E-state index contributed by atoms with van der Waals surface area (Å²) in [6.45, 7) is 2.24. The summed E-state index contributed by atoms with van der Waals surface area (Å²) in [4.78, 5) is 16.1. The zero-order valence-electron chi connectivity index (χ0n) is 17.9. The molecule has 0 saturated carbocycles. The number of tetrazole rings is 1. The second-order valence-electron chi connectivity index (χ2n) is 7.85. The molecule has 0 bridgehead atoms. The van der Waals surface area contributed by atoms with Crippen molar-refractivity contribution >= 4 is 5.91 Å². The lowest BCUT2D eigenvalue weighted by atomic mass is 9.82. The van der Waals surface area contributed by atoms with Crippen LogP contribution >= 0.6 is 0 Å². The Kier molecular flexibility index (Phi) is 4.94. The van der Waals surface area contributed by atoms with E-state index in [0.29, 0.717) is 12.2 Å². The Morgan fingerprint density at radius 2 is 1.85 bits per heavy atom. The molecule has 10 heteroatoms. The summed E-state index contributed by atoms with van der Waals surface area (Å²) < 4.78 is 15.7. The van der Waals surface area contributed by atoms with Crippen molar-refractivity contribution in [3.8, 4) is 11.8 Å². The highest BCUT2D eigenvalue weighted by atomic mass is 19.1. The number of halogens is 1. The molecule has 0 aliphatic carbocycles. The molecule has 33 heavy (non-hydrogen) atoms. The van der Waals surface area contributed by atoms with Gasteiger partial charge in [0.15, 0.2) is 5.82 Å². The van der Waals surface area contributed by atoms with Crippen LogP contribution in [0.3, 0.4) is 0 Å². The highest BCUT2D eigenvalue weighted by Crippen LogP contribution is 2.40. The van der Waals surface area contributed by atoms with Crippen LogP contribution in [0, 0.1) is 17.1 Å². The third kappa shape index (κ3) is 3.34. The van der Waals surface area contributed by atoms with Gasteiger partial charge in [0.05, 0.1) is 12.2 Å². The molecule has 2 atom stereocenters. The van der Waals surface area contributed by atoms with Crippen LogP contribution in [0.2, 0.25) is 0 Å². The number of hydrogen-bond donors (Lipinski definition) is 0. The molecule has 3 heterocycles. The van der Waals surface area contributed by atoms with Gasteiger partial charge >= 0.3 is 0 Å². The second kappa shape index (κ2) is 7.94. The van der Waals surface area contributed by atoms with Gasteiger partial charge in [-0.1, -0.05) is 36.4 Å². The predicted octanol–water partition coefficient (Wildman–Crippen LogP) is 2.76. The maximum absolute atomic E-state index is 14.1. The van der Waals surface area contributed by atoms with Crippen molar-refractivity contribution in [2.24, 2.45) is 7.05 Å². The first kappa shape index (κ1) is 20.5. The number of carbonyl (C=O) groups is 1. The number of aromatic nitrogens is 6. The average Bonchev–Trinajstić information content (AvgIpc) is 3.46. The van der Waals surface area contributed by atoms with Crippen LogP contribution in [0.5, 0.6) is 0 Å². The third-order valence-electron chi connectivity index (χ3n) is 6.05. The highest BCUT2D eigenvalue weighted by molar-refractivity contribution is 5.91. The molecule has 9 nitrogen and oxygen atoms in total. The van der Waals surface area contributed by atoms with Crippen molar-refractivity contribution in [2.45, 2.75) is 18.9 Å². The lowest BCUT2D eigenvalue weighted by molar-refractivity contribution is 0.0652. The molecule has 1 amide bonds. The quantitative estimate of drug-likeness (QED) is 0.483. The van der Waals surface area contributed by atoms with Gasteiger partial charge in [-0.2, -0.15) is 10.4 Å². The Labute approximate surface area is 188 Å². The van der Waals surface area contributed by atoms with Gasteiger partial charge in [0.1, 0.15) is 17.5 Å². The van der Waals surface area contributed by atoms with Gasteiger partial charge < -0.3 is 4.90 Å². The average molecular weight is 442 g/mol. The van der Waals surface area contributed by atoms with Crippen molar-refractivity contribution in [3.63, 3.8) is 0 Å². The second-order valence-corrected chi connectivity index (χ2v) is 7.85. The number of carbonyl (C=O) groups excluding carboxylic acids is 1. The molecule has 0 radical (unpaired) electrons. The summed E-state index contributed by atoms with van der Waals surface area (Å²) >= 11 is 0. The van der Waals surface area contributed by atoms with E-state index in [1.54, 1.807) is 30.3 Å². The number of amides is 1. The zero-order valence-corrected chi connectivity index (χ0v) is 17.9. The first-order chi connectivity index (χ1) is 16.0. The SMILES string of the molecule is C[C@H]1c2ccccc2[C@@H](c2cnn(C)c2C#N)CN1C(=O)c1nnn(-c2ccccc2F)n1. The molecule has 5 rings (SSSR count). The van der Waals surface area contributed by atoms with Crippen molar-refractivity contribution < 1.29 is 9.18 Å². The monoisotopic (exact) mass is 442 g/mol. The van der Waals surface area contributed by atoms with E-state index in [-0.39, 0.29) is 23.5 Å². The number of nitriles is 1. The van der Waals surface area contributed by atoms with E-state index in [2.05, 4.69) is 26.6 Å². The minimum absolute atomic E-state index is 0.105. The van der Waals surface area contributed by atoms with E-state index in [1.165, 1.54) is 16.8 Å². The van der Waals surface area contributed by atoms with Gasteiger partial charge in [-0.15, -0.1) is 15.0 Å². The third-order valence-corrected chi connectivity index (χ3v) is 6.05. The summed E-state index contributed by atoms with van der Waals surface area (Å²) in [5.74, 6) is -1.32. The van der Waals surface area contributed by atoms with Crippen LogP contribution in [-0.4, -0.2) is 47.3 Å². The van der Waals surface area contributed by atoms with E-state index in [1.807, 2.05) is 31.2 Å². The minimum Gasteiger partial charge on any atom is -0.328 e. The molecule has 0 unspecified atom stereocenters. The molecule has 0 spiro atoms. The molecule has 2 aromatic carbocycles. The maximum Gasteiger partial charge on any atom is 0.296 e. The Morgan fingerprint density at radius 3 is 2.61 bits per heavy atom. The summed E-state index contributed by atoms with van der Waals surface area (Å²) in [5, 5.41) is 25.8. The Bertz CT molecular complexity index is 1400. The lowest BCUT2D eigenvalue weighted by Crippen LogP contribution is -2.41. The summed E-state index contributed by atoms with van der Waals surface area (Å²) in [7, 11) is 1.72. The number of nitrogens with zero attached hydrogens (tertiary/aromatic N) is 8. The van der Waals surface area contributed by atoms with E-state index in [9.17, 15) is 14.4 Å². The largest absolute Gasteiger partial charge is 0.328 e. The standard InChI is InChI=1S/C23H19FN8O/c1-14-15-7-3-4-8-16(15)18(17-12-26-30(2)21(17)11-25)13-31(14)23(33)22-27-29-32(28-22)20-10-6-5-9-19(20)24/h3-10,12,14,18H,13H2,1-2H3/t14-,18-/m0/s1. The van der Waals surface area contributed by atoms with Gasteiger partial charge in [0, 0.05) is 25.1 Å². The summed E-state index contributed by atoms with van der Waals surface area (Å²) in [5.41, 5.74) is 3.31. The molecule has 1 aliphatic rings. The van der Waals surface area contributed by atoms with Crippen molar-refractivity contribution in [1.29, 1.82) is 5.26 Å².